The molecule has 1 saturated heterocycles. The first-order valence-corrected chi connectivity index (χ1v) is 10.4. The van der Waals surface area contributed by atoms with Gasteiger partial charge in [-0.15, -0.1) is 10.2 Å². The lowest BCUT2D eigenvalue weighted by Crippen LogP contribution is -3.13. The minimum Gasteiger partial charge on any atom is -0.334 e. The van der Waals surface area contributed by atoms with Gasteiger partial charge >= 0.3 is 0 Å². The molecule has 1 aliphatic heterocycles. The monoisotopic (exact) mass is 356 g/mol. The SMILES string of the molecule is CCCn1c2ccccc2c2nnc(SCC[NH+]3CCCCC3)nc21. The number of aromatic nitrogens is 4. The van der Waals surface area contributed by atoms with Crippen LogP contribution >= 0.6 is 11.8 Å². The first-order chi connectivity index (χ1) is 12.4. The van der Waals surface area contributed by atoms with E-state index in [4.69, 9.17) is 4.98 Å². The van der Waals surface area contributed by atoms with Crippen molar-refractivity contribution in [1.29, 1.82) is 0 Å². The van der Waals surface area contributed by atoms with Gasteiger partial charge in [0.2, 0.25) is 5.16 Å². The summed E-state index contributed by atoms with van der Waals surface area (Å²) < 4.78 is 2.29. The molecule has 0 unspecified atom stereocenters. The van der Waals surface area contributed by atoms with E-state index in [0.29, 0.717) is 0 Å². The van der Waals surface area contributed by atoms with Gasteiger partial charge in [-0.25, -0.2) is 4.98 Å². The third-order valence-electron chi connectivity index (χ3n) is 5.05. The smallest absolute Gasteiger partial charge is 0.211 e. The number of likely N-dealkylation sites (tertiary alicyclic amines) is 1. The Hall–Kier alpha value is -1.66. The van der Waals surface area contributed by atoms with Gasteiger partial charge in [0.15, 0.2) is 5.65 Å². The predicted molar refractivity (Wildman–Crippen MR) is 103 cm³/mol. The normalized spacial score (nSPS) is 16.0. The molecule has 6 heteroatoms. The van der Waals surface area contributed by atoms with Crippen molar-refractivity contribution >= 4 is 33.8 Å². The fourth-order valence-electron chi connectivity index (χ4n) is 3.79. The van der Waals surface area contributed by atoms with Crippen LogP contribution in [0.4, 0.5) is 0 Å². The third kappa shape index (κ3) is 3.51. The molecule has 0 saturated carbocycles. The lowest BCUT2D eigenvalue weighted by Gasteiger charge is -2.22. The zero-order valence-corrected chi connectivity index (χ0v) is 15.7. The van der Waals surface area contributed by atoms with Crippen LogP contribution < -0.4 is 4.90 Å². The van der Waals surface area contributed by atoms with Gasteiger partial charge in [-0.2, -0.15) is 0 Å². The zero-order valence-electron chi connectivity index (χ0n) is 14.9. The number of nitrogens with one attached hydrogen (secondary N) is 1. The van der Waals surface area contributed by atoms with E-state index in [1.54, 1.807) is 16.7 Å². The second kappa shape index (κ2) is 7.70. The van der Waals surface area contributed by atoms with Crippen molar-refractivity contribution in [2.24, 2.45) is 0 Å². The van der Waals surface area contributed by atoms with Crippen LogP contribution in [0.25, 0.3) is 22.1 Å². The van der Waals surface area contributed by atoms with Crippen molar-refractivity contribution in [2.45, 2.75) is 44.3 Å². The van der Waals surface area contributed by atoms with E-state index in [2.05, 4.69) is 46.0 Å². The second-order valence-electron chi connectivity index (χ2n) is 6.84. The average Bonchev–Trinajstić information content (AvgIpc) is 2.97. The minimum atomic E-state index is 0.809. The van der Waals surface area contributed by atoms with E-state index in [0.717, 1.165) is 40.4 Å². The molecule has 132 valence electrons. The maximum absolute atomic E-state index is 4.86. The van der Waals surface area contributed by atoms with Gasteiger partial charge in [0.25, 0.3) is 0 Å². The summed E-state index contributed by atoms with van der Waals surface area (Å²) in [5.74, 6) is 1.07. The van der Waals surface area contributed by atoms with Crippen molar-refractivity contribution in [3.8, 4) is 0 Å². The van der Waals surface area contributed by atoms with Crippen molar-refractivity contribution < 1.29 is 4.90 Å². The lowest BCUT2D eigenvalue weighted by molar-refractivity contribution is -0.902. The Labute approximate surface area is 152 Å². The van der Waals surface area contributed by atoms with E-state index in [1.165, 1.54) is 44.4 Å². The van der Waals surface area contributed by atoms with E-state index in [1.807, 2.05) is 0 Å². The number of rotatable bonds is 6. The fraction of sp³-hybridized carbons (Fsp3) is 0.526. The Bertz CT molecular complexity index is 854. The number of thioether (sulfide) groups is 1. The highest BCUT2D eigenvalue weighted by atomic mass is 32.2. The van der Waals surface area contributed by atoms with Crippen LogP contribution in [0.5, 0.6) is 0 Å². The molecule has 0 bridgehead atoms. The molecule has 4 rings (SSSR count). The number of nitrogens with zero attached hydrogens (tertiary/aromatic N) is 4. The van der Waals surface area contributed by atoms with Crippen LogP contribution in [-0.4, -0.2) is 45.1 Å². The third-order valence-corrected chi connectivity index (χ3v) is 5.89. The lowest BCUT2D eigenvalue weighted by atomic mass is 10.1. The Kier molecular flexibility index (Phi) is 5.17. The molecule has 0 aliphatic carbocycles. The highest BCUT2D eigenvalue weighted by Gasteiger charge is 2.16. The van der Waals surface area contributed by atoms with Crippen LogP contribution in [0, 0.1) is 0 Å². The van der Waals surface area contributed by atoms with E-state index in [-0.39, 0.29) is 0 Å². The highest BCUT2D eigenvalue weighted by molar-refractivity contribution is 7.99. The molecule has 2 aromatic heterocycles. The van der Waals surface area contributed by atoms with Crippen LogP contribution in [0.1, 0.15) is 32.6 Å². The van der Waals surface area contributed by atoms with Gasteiger partial charge in [0.05, 0.1) is 30.9 Å². The average molecular weight is 357 g/mol. The van der Waals surface area contributed by atoms with Gasteiger partial charge in [0.1, 0.15) is 5.52 Å². The van der Waals surface area contributed by atoms with E-state index >= 15 is 0 Å². The molecule has 0 spiro atoms. The largest absolute Gasteiger partial charge is 0.334 e. The molecule has 5 nitrogen and oxygen atoms in total. The molecule has 0 amide bonds. The molecule has 1 fully saturated rings. The number of aryl methyl sites for hydroxylation is 1. The Balaban J connectivity index is 1.56. The van der Waals surface area contributed by atoms with Crippen molar-refractivity contribution in [3.63, 3.8) is 0 Å². The number of piperidine rings is 1. The molecule has 25 heavy (non-hydrogen) atoms. The number of hydrogen-bond donors (Lipinski definition) is 1. The number of hydrogen-bond acceptors (Lipinski definition) is 4. The van der Waals surface area contributed by atoms with Crippen molar-refractivity contribution in [2.75, 3.05) is 25.4 Å². The predicted octanol–water partition coefficient (Wildman–Crippen LogP) is 2.55. The Morgan fingerprint density at radius 2 is 1.96 bits per heavy atom. The molecule has 3 aromatic rings. The van der Waals surface area contributed by atoms with Crippen LogP contribution in [-0.2, 0) is 6.54 Å². The molecule has 1 N–H and O–H groups in total. The Morgan fingerprint density at radius 1 is 1.12 bits per heavy atom. The van der Waals surface area contributed by atoms with E-state index in [9.17, 15) is 0 Å². The minimum absolute atomic E-state index is 0.809. The summed E-state index contributed by atoms with van der Waals surface area (Å²) in [6.07, 6.45) is 5.24. The van der Waals surface area contributed by atoms with Gasteiger partial charge in [0, 0.05) is 11.9 Å². The maximum Gasteiger partial charge on any atom is 0.211 e. The standard InChI is InChI=1S/C19H25N5S/c1-2-10-24-16-9-5-4-8-15(16)17-18(24)20-19(22-21-17)25-14-13-23-11-6-3-7-12-23/h4-5,8-9H,2-3,6-7,10-14H2,1H3/p+1. The summed E-state index contributed by atoms with van der Waals surface area (Å²) in [6.45, 7) is 7.01. The maximum atomic E-state index is 4.86. The summed E-state index contributed by atoms with van der Waals surface area (Å²) in [5.41, 5.74) is 3.11. The number of para-hydroxylation sites is 1. The molecule has 1 aliphatic rings. The first-order valence-electron chi connectivity index (χ1n) is 9.45. The van der Waals surface area contributed by atoms with E-state index < -0.39 is 0 Å². The first kappa shape index (κ1) is 16.8. The number of fused-ring (bicyclic) bond motifs is 3. The summed E-state index contributed by atoms with van der Waals surface area (Å²) in [5, 5.41) is 10.9. The number of benzene rings is 1. The summed E-state index contributed by atoms with van der Waals surface area (Å²) in [7, 11) is 0. The van der Waals surface area contributed by atoms with Gasteiger partial charge in [-0.1, -0.05) is 36.9 Å². The second-order valence-corrected chi connectivity index (χ2v) is 7.91. The molecule has 1 aromatic carbocycles. The van der Waals surface area contributed by atoms with Gasteiger partial charge in [-0.05, 0) is 31.7 Å². The van der Waals surface area contributed by atoms with Crippen molar-refractivity contribution in [1.82, 2.24) is 19.7 Å². The number of quaternary nitrogens is 1. The van der Waals surface area contributed by atoms with Crippen LogP contribution in [0.2, 0.25) is 0 Å². The molecule has 0 atom stereocenters. The summed E-state index contributed by atoms with van der Waals surface area (Å²) >= 11 is 1.75. The molecule has 3 heterocycles. The molecule has 0 radical (unpaired) electrons. The molecular formula is C19H26N5S+. The van der Waals surface area contributed by atoms with Crippen molar-refractivity contribution in [3.05, 3.63) is 24.3 Å². The Morgan fingerprint density at radius 3 is 2.80 bits per heavy atom. The quantitative estimate of drug-likeness (QED) is 0.690. The highest BCUT2D eigenvalue weighted by Crippen LogP contribution is 2.27. The topological polar surface area (TPSA) is 48.0 Å². The zero-order chi connectivity index (χ0) is 17.1. The van der Waals surface area contributed by atoms with Crippen LogP contribution in [0.3, 0.4) is 0 Å². The van der Waals surface area contributed by atoms with Crippen LogP contribution in [0.15, 0.2) is 29.4 Å². The fourth-order valence-corrected chi connectivity index (χ4v) is 4.61. The van der Waals surface area contributed by atoms with Gasteiger partial charge in [-0.3, -0.25) is 0 Å². The van der Waals surface area contributed by atoms with Gasteiger partial charge < -0.3 is 9.47 Å². The molecular weight excluding hydrogens is 330 g/mol. The summed E-state index contributed by atoms with van der Waals surface area (Å²) in [4.78, 5) is 6.59. The summed E-state index contributed by atoms with van der Waals surface area (Å²) in [6, 6.07) is 8.41.